The Morgan fingerprint density at radius 1 is 1.07 bits per heavy atom. The Bertz CT molecular complexity index is 622. The number of halogens is 1. The van der Waals surface area contributed by atoms with Gasteiger partial charge in [0, 0.05) is 17.8 Å². The molecule has 2 atom stereocenters. The van der Waals surface area contributed by atoms with Crippen molar-refractivity contribution in [3.8, 4) is 5.75 Å². The summed E-state index contributed by atoms with van der Waals surface area (Å²) in [5.74, 6) is 0.795. The minimum atomic E-state index is -0.348. The summed E-state index contributed by atoms with van der Waals surface area (Å²) in [7, 11) is 0. The summed E-state index contributed by atoms with van der Waals surface area (Å²) in [6.07, 6.45) is 12.7. The van der Waals surface area contributed by atoms with Crippen molar-refractivity contribution in [2.75, 3.05) is 25.0 Å². The van der Waals surface area contributed by atoms with Gasteiger partial charge in [-0.2, -0.15) is 0 Å². The van der Waals surface area contributed by atoms with E-state index in [9.17, 15) is 4.79 Å². The minimum absolute atomic E-state index is 0. The molecule has 5 nitrogen and oxygen atoms in total. The number of benzene rings is 1. The second-order valence-electron chi connectivity index (χ2n) is 8.45. The molecule has 3 rings (SSSR count). The van der Waals surface area contributed by atoms with E-state index in [0.29, 0.717) is 12.6 Å². The molecule has 2 unspecified atom stereocenters. The molecule has 0 bridgehead atoms. The fourth-order valence-corrected chi connectivity index (χ4v) is 4.55. The summed E-state index contributed by atoms with van der Waals surface area (Å²) in [5, 5.41) is 2.90. The van der Waals surface area contributed by atoms with Gasteiger partial charge in [0.25, 0.3) is 0 Å². The molecular weight excluding hydrogens is 400 g/mol. The number of anilines is 1. The van der Waals surface area contributed by atoms with E-state index in [4.69, 9.17) is 9.47 Å². The average Bonchev–Trinajstić information content (AvgIpc) is 2.75. The van der Waals surface area contributed by atoms with E-state index in [1.165, 1.54) is 44.9 Å². The number of carbonyl (C=O) groups is 1. The van der Waals surface area contributed by atoms with E-state index < -0.39 is 0 Å². The first-order chi connectivity index (χ1) is 14.3. The van der Waals surface area contributed by atoms with Crippen LogP contribution in [0.5, 0.6) is 5.75 Å². The lowest BCUT2D eigenvalue weighted by atomic mass is 9.90. The Kier molecular flexibility index (Phi) is 11.4. The number of carbonyl (C=O) groups excluding carboxylic acids is 1. The SMILES string of the molecule is CCCCCCOc1cccc(NC(=O)OC2CCCCC2N2CCCCC2)c1.Cl. The number of amides is 1. The second kappa shape index (κ2) is 13.8. The van der Waals surface area contributed by atoms with E-state index in [1.54, 1.807) is 0 Å². The molecule has 1 saturated carbocycles. The van der Waals surface area contributed by atoms with Crippen LogP contribution in [0.3, 0.4) is 0 Å². The molecule has 1 amide bonds. The maximum atomic E-state index is 12.6. The molecule has 1 aromatic rings. The number of likely N-dealkylation sites (tertiary alicyclic amines) is 1. The van der Waals surface area contributed by atoms with Gasteiger partial charge >= 0.3 is 6.09 Å². The zero-order chi connectivity index (χ0) is 20.3. The lowest BCUT2D eigenvalue weighted by Gasteiger charge is -2.41. The van der Waals surface area contributed by atoms with Crippen LogP contribution in [0.25, 0.3) is 0 Å². The fourth-order valence-electron chi connectivity index (χ4n) is 4.55. The van der Waals surface area contributed by atoms with Crippen molar-refractivity contribution in [2.24, 2.45) is 0 Å². The molecule has 1 N–H and O–H groups in total. The summed E-state index contributed by atoms with van der Waals surface area (Å²) in [6, 6.07) is 7.99. The number of ether oxygens (including phenoxy) is 2. The molecule has 30 heavy (non-hydrogen) atoms. The van der Waals surface area contributed by atoms with Gasteiger partial charge in [-0.3, -0.25) is 10.2 Å². The van der Waals surface area contributed by atoms with E-state index in [-0.39, 0.29) is 24.6 Å². The molecule has 2 fully saturated rings. The van der Waals surface area contributed by atoms with Crippen molar-refractivity contribution in [1.29, 1.82) is 0 Å². The van der Waals surface area contributed by atoms with Crippen LogP contribution >= 0.6 is 12.4 Å². The molecule has 1 aliphatic heterocycles. The predicted octanol–water partition coefficient (Wildman–Crippen LogP) is 6.41. The highest BCUT2D eigenvalue weighted by molar-refractivity contribution is 5.85. The molecule has 1 saturated heterocycles. The van der Waals surface area contributed by atoms with Crippen molar-refractivity contribution in [3.05, 3.63) is 24.3 Å². The highest BCUT2D eigenvalue weighted by Gasteiger charge is 2.33. The van der Waals surface area contributed by atoms with Crippen LogP contribution in [0.2, 0.25) is 0 Å². The molecule has 1 aliphatic carbocycles. The summed E-state index contributed by atoms with van der Waals surface area (Å²) < 4.78 is 11.7. The van der Waals surface area contributed by atoms with Gasteiger partial charge in [0.05, 0.1) is 6.61 Å². The Balaban J connectivity index is 0.00000320. The predicted molar refractivity (Wildman–Crippen MR) is 125 cm³/mol. The molecule has 0 aromatic heterocycles. The van der Waals surface area contributed by atoms with Gasteiger partial charge in [-0.25, -0.2) is 4.79 Å². The number of rotatable bonds is 9. The fraction of sp³-hybridized carbons (Fsp3) is 0.708. The summed E-state index contributed by atoms with van der Waals surface area (Å²) in [5.41, 5.74) is 0.728. The first-order valence-electron chi connectivity index (χ1n) is 11.7. The minimum Gasteiger partial charge on any atom is -0.494 e. The van der Waals surface area contributed by atoms with Crippen LogP contribution < -0.4 is 10.1 Å². The first-order valence-corrected chi connectivity index (χ1v) is 11.7. The highest BCUT2D eigenvalue weighted by Crippen LogP contribution is 2.28. The number of nitrogens with zero attached hydrogens (tertiary/aromatic N) is 1. The van der Waals surface area contributed by atoms with Crippen molar-refractivity contribution >= 4 is 24.2 Å². The number of piperidine rings is 1. The molecule has 1 aromatic carbocycles. The van der Waals surface area contributed by atoms with E-state index in [2.05, 4.69) is 17.1 Å². The molecule has 0 radical (unpaired) electrons. The lowest BCUT2D eigenvalue weighted by Crippen LogP contribution is -2.49. The molecular formula is C24H39ClN2O3. The van der Waals surface area contributed by atoms with Crippen LogP contribution in [-0.4, -0.2) is 42.8 Å². The summed E-state index contributed by atoms with van der Waals surface area (Å²) in [6.45, 7) is 5.21. The Morgan fingerprint density at radius 2 is 1.87 bits per heavy atom. The maximum absolute atomic E-state index is 12.6. The van der Waals surface area contributed by atoms with Gasteiger partial charge in [-0.15, -0.1) is 12.4 Å². The molecule has 1 heterocycles. The highest BCUT2D eigenvalue weighted by atomic mass is 35.5. The number of hydrogen-bond acceptors (Lipinski definition) is 4. The zero-order valence-electron chi connectivity index (χ0n) is 18.4. The first kappa shape index (κ1) is 24.8. The van der Waals surface area contributed by atoms with Gasteiger partial charge in [-0.1, -0.05) is 45.1 Å². The number of hydrogen-bond donors (Lipinski definition) is 1. The molecule has 170 valence electrons. The monoisotopic (exact) mass is 438 g/mol. The quantitative estimate of drug-likeness (QED) is 0.452. The Morgan fingerprint density at radius 3 is 2.67 bits per heavy atom. The van der Waals surface area contributed by atoms with Crippen molar-refractivity contribution in [3.63, 3.8) is 0 Å². The average molecular weight is 439 g/mol. The van der Waals surface area contributed by atoms with E-state index >= 15 is 0 Å². The van der Waals surface area contributed by atoms with Crippen LogP contribution in [0, 0.1) is 0 Å². The number of unbranched alkanes of at least 4 members (excludes halogenated alkanes) is 3. The van der Waals surface area contributed by atoms with E-state index in [1.807, 2.05) is 24.3 Å². The lowest BCUT2D eigenvalue weighted by molar-refractivity contribution is 0.00174. The second-order valence-corrected chi connectivity index (χ2v) is 8.45. The normalized spacial score (nSPS) is 22.0. The molecule has 6 heteroatoms. The Labute approximate surface area is 188 Å². The number of nitrogens with one attached hydrogen (secondary N) is 1. The zero-order valence-corrected chi connectivity index (χ0v) is 19.3. The van der Waals surface area contributed by atoms with Crippen LogP contribution in [0.15, 0.2) is 24.3 Å². The Hall–Kier alpha value is -1.46. The van der Waals surface area contributed by atoms with E-state index in [0.717, 1.165) is 50.2 Å². The van der Waals surface area contributed by atoms with Crippen LogP contribution in [-0.2, 0) is 4.74 Å². The van der Waals surface area contributed by atoms with Crippen molar-refractivity contribution in [2.45, 2.75) is 89.7 Å². The van der Waals surface area contributed by atoms with Gasteiger partial charge in [0.1, 0.15) is 11.9 Å². The van der Waals surface area contributed by atoms with Gasteiger partial charge in [-0.05, 0) is 63.7 Å². The summed E-state index contributed by atoms with van der Waals surface area (Å²) >= 11 is 0. The van der Waals surface area contributed by atoms with Crippen molar-refractivity contribution < 1.29 is 14.3 Å². The third kappa shape index (κ3) is 7.99. The topological polar surface area (TPSA) is 50.8 Å². The van der Waals surface area contributed by atoms with Gasteiger partial charge in [0.15, 0.2) is 0 Å². The standard InChI is InChI=1S/C24H38N2O3.ClH/c1-2-3-4-10-18-28-21-13-11-12-20(19-21)25-24(27)29-23-15-7-6-14-22(23)26-16-8-5-9-17-26;/h11-13,19,22-23H,2-10,14-18H2,1H3,(H,25,27);1H. The maximum Gasteiger partial charge on any atom is 0.411 e. The third-order valence-corrected chi connectivity index (χ3v) is 6.13. The largest absolute Gasteiger partial charge is 0.494 e. The molecule has 2 aliphatic rings. The smallest absolute Gasteiger partial charge is 0.411 e. The van der Waals surface area contributed by atoms with Crippen LogP contribution in [0.4, 0.5) is 10.5 Å². The third-order valence-electron chi connectivity index (χ3n) is 6.13. The molecule has 0 spiro atoms. The van der Waals surface area contributed by atoms with Crippen molar-refractivity contribution in [1.82, 2.24) is 4.90 Å². The van der Waals surface area contributed by atoms with Crippen LogP contribution in [0.1, 0.15) is 77.6 Å². The van der Waals surface area contributed by atoms with Gasteiger partial charge in [0.2, 0.25) is 0 Å². The summed E-state index contributed by atoms with van der Waals surface area (Å²) in [4.78, 5) is 15.1. The van der Waals surface area contributed by atoms with Gasteiger partial charge < -0.3 is 9.47 Å².